The smallest absolute Gasteiger partial charge is 0.320 e. The molecule has 0 unspecified atom stereocenters. The van der Waals surface area contributed by atoms with Gasteiger partial charge in [-0.3, -0.25) is 5.32 Å². The number of carbonyl (C=O) groups excluding carboxylic acids is 1. The van der Waals surface area contributed by atoms with Crippen molar-refractivity contribution >= 4 is 17.7 Å². The Labute approximate surface area is 120 Å². The lowest BCUT2D eigenvalue weighted by Crippen LogP contribution is -2.35. The fourth-order valence-corrected chi connectivity index (χ4v) is 2.21. The Morgan fingerprint density at radius 1 is 1.30 bits per heavy atom. The highest BCUT2D eigenvalue weighted by Gasteiger charge is 2.17. The van der Waals surface area contributed by atoms with Crippen LogP contribution in [0.25, 0.3) is 0 Å². The van der Waals surface area contributed by atoms with Crippen molar-refractivity contribution in [1.29, 1.82) is 0 Å². The average molecular weight is 277 g/mol. The predicted octanol–water partition coefficient (Wildman–Crippen LogP) is 2.24. The van der Waals surface area contributed by atoms with E-state index in [4.69, 9.17) is 0 Å². The number of amides is 2. The molecule has 1 aromatic heterocycles. The third kappa shape index (κ3) is 4.08. The lowest BCUT2D eigenvalue weighted by Gasteiger charge is -2.30. The summed E-state index contributed by atoms with van der Waals surface area (Å²) in [5.74, 6) is 2.14. The Hall–Kier alpha value is -1.85. The van der Waals surface area contributed by atoms with E-state index in [0.717, 1.165) is 24.8 Å². The highest BCUT2D eigenvalue weighted by molar-refractivity contribution is 5.88. The molecule has 0 saturated carbocycles. The molecule has 2 rings (SSSR count). The third-order valence-electron chi connectivity index (χ3n) is 3.42. The van der Waals surface area contributed by atoms with Crippen LogP contribution in [0, 0.1) is 5.92 Å². The van der Waals surface area contributed by atoms with Crippen molar-refractivity contribution in [2.45, 2.75) is 39.7 Å². The summed E-state index contributed by atoms with van der Waals surface area (Å²) in [7, 11) is 0. The summed E-state index contributed by atoms with van der Waals surface area (Å²) < 4.78 is 0. The van der Waals surface area contributed by atoms with Gasteiger partial charge in [-0.15, -0.1) is 10.2 Å². The number of piperidine rings is 1. The van der Waals surface area contributed by atoms with Gasteiger partial charge in [-0.1, -0.05) is 6.92 Å². The van der Waals surface area contributed by atoms with E-state index < -0.39 is 0 Å². The highest BCUT2D eigenvalue weighted by Crippen LogP contribution is 2.21. The molecule has 1 aliphatic heterocycles. The Kier molecular flexibility index (Phi) is 4.76. The lowest BCUT2D eigenvalue weighted by atomic mass is 9.99. The molecule has 2 heterocycles. The third-order valence-corrected chi connectivity index (χ3v) is 3.42. The SMILES string of the molecule is CC1CCN(c2ccc(NC(=O)NC(C)C)nn2)CC1. The van der Waals surface area contributed by atoms with Gasteiger partial charge >= 0.3 is 6.03 Å². The number of aromatic nitrogens is 2. The number of carbonyl (C=O) groups is 1. The number of urea groups is 1. The van der Waals surface area contributed by atoms with E-state index in [1.54, 1.807) is 6.07 Å². The van der Waals surface area contributed by atoms with Gasteiger partial charge < -0.3 is 10.2 Å². The van der Waals surface area contributed by atoms with Crippen molar-refractivity contribution in [1.82, 2.24) is 15.5 Å². The Bertz CT molecular complexity index is 437. The molecule has 1 aliphatic rings. The van der Waals surface area contributed by atoms with Gasteiger partial charge in [0.25, 0.3) is 0 Å². The number of nitrogens with one attached hydrogen (secondary N) is 2. The summed E-state index contributed by atoms with van der Waals surface area (Å²) >= 11 is 0. The second-order valence-corrected chi connectivity index (χ2v) is 5.70. The average Bonchev–Trinajstić information content (AvgIpc) is 2.39. The maximum atomic E-state index is 11.5. The lowest BCUT2D eigenvalue weighted by molar-refractivity contribution is 0.250. The van der Waals surface area contributed by atoms with E-state index in [1.807, 2.05) is 19.9 Å². The maximum Gasteiger partial charge on any atom is 0.320 e. The van der Waals surface area contributed by atoms with Gasteiger partial charge in [-0.05, 0) is 44.7 Å². The molecule has 2 N–H and O–H groups in total. The van der Waals surface area contributed by atoms with E-state index in [9.17, 15) is 4.79 Å². The van der Waals surface area contributed by atoms with Gasteiger partial charge in [0.1, 0.15) is 0 Å². The van der Waals surface area contributed by atoms with Crippen LogP contribution >= 0.6 is 0 Å². The second-order valence-electron chi connectivity index (χ2n) is 5.70. The molecular weight excluding hydrogens is 254 g/mol. The number of hydrogen-bond donors (Lipinski definition) is 2. The van der Waals surface area contributed by atoms with Gasteiger partial charge in [-0.2, -0.15) is 0 Å². The summed E-state index contributed by atoms with van der Waals surface area (Å²) in [4.78, 5) is 13.8. The molecule has 1 fully saturated rings. The quantitative estimate of drug-likeness (QED) is 0.889. The van der Waals surface area contributed by atoms with Gasteiger partial charge in [0.15, 0.2) is 11.6 Å². The summed E-state index contributed by atoms with van der Waals surface area (Å²) in [5, 5.41) is 13.7. The Morgan fingerprint density at radius 2 is 2.00 bits per heavy atom. The molecule has 0 radical (unpaired) electrons. The minimum Gasteiger partial charge on any atom is -0.355 e. The molecule has 6 heteroatoms. The largest absolute Gasteiger partial charge is 0.355 e. The Morgan fingerprint density at radius 3 is 2.55 bits per heavy atom. The number of rotatable bonds is 3. The van der Waals surface area contributed by atoms with E-state index in [-0.39, 0.29) is 12.1 Å². The molecule has 0 atom stereocenters. The van der Waals surface area contributed by atoms with Crippen LogP contribution in [-0.4, -0.2) is 35.4 Å². The van der Waals surface area contributed by atoms with Crippen LogP contribution in [0.4, 0.5) is 16.4 Å². The van der Waals surface area contributed by atoms with Crippen molar-refractivity contribution in [3.05, 3.63) is 12.1 Å². The first-order valence-electron chi connectivity index (χ1n) is 7.21. The molecule has 1 aromatic rings. The summed E-state index contributed by atoms with van der Waals surface area (Å²) in [6.07, 6.45) is 2.39. The van der Waals surface area contributed by atoms with Crippen molar-refractivity contribution < 1.29 is 4.79 Å². The van der Waals surface area contributed by atoms with Crippen molar-refractivity contribution in [2.24, 2.45) is 5.92 Å². The summed E-state index contributed by atoms with van der Waals surface area (Å²) in [5.41, 5.74) is 0. The number of anilines is 2. The molecule has 20 heavy (non-hydrogen) atoms. The van der Waals surface area contributed by atoms with Gasteiger partial charge in [0.05, 0.1) is 0 Å². The molecule has 6 nitrogen and oxygen atoms in total. The maximum absolute atomic E-state index is 11.5. The second kappa shape index (κ2) is 6.54. The molecule has 0 aromatic carbocycles. The molecule has 2 amide bonds. The fraction of sp³-hybridized carbons (Fsp3) is 0.643. The monoisotopic (exact) mass is 277 g/mol. The van der Waals surface area contributed by atoms with Gasteiger partial charge in [-0.25, -0.2) is 4.79 Å². The van der Waals surface area contributed by atoms with E-state index in [1.165, 1.54) is 12.8 Å². The summed E-state index contributed by atoms with van der Waals surface area (Å²) in [6, 6.07) is 3.54. The van der Waals surface area contributed by atoms with E-state index >= 15 is 0 Å². The first-order chi connectivity index (χ1) is 9.54. The highest BCUT2D eigenvalue weighted by atomic mass is 16.2. The first-order valence-corrected chi connectivity index (χ1v) is 7.21. The predicted molar refractivity (Wildman–Crippen MR) is 79.9 cm³/mol. The summed E-state index contributed by atoms with van der Waals surface area (Å²) in [6.45, 7) is 8.15. The van der Waals surface area contributed by atoms with Crippen LogP contribution in [0.3, 0.4) is 0 Å². The van der Waals surface area contributed by atoms with Crippen LogP contribution in [-0.2, 0) is 0 Å². The van der Waals surface area contributed by atoms with Crippen LogP contribution in [0.1, 0.15) is 33.6 Å². The van der Waals surface area contributed by atoms with Crippen molar-refractivity contribution in [2.75, 3.05) is 23.3 Å². The van der Waals surface area contributed by atoms with E-state index in [2.05, 4.69) is 32.7 Å². The van der Waals surface area contributed by atoms with Gasteiger partial charge in [0.2, 0.25) is 0 Å². The molecule has 0 aliphatic carbocycles. The number of nitrogens with zero attached hydrogens (tertiary/aromatic N) is 3. The van der Waals surface area contributed by atoms with Crippen molar-refractivity contribution in [3.63, 3.8) is 0 Å². The van der Waals surface area contributed by atoms with Crippen LogP contribution in [0.15, 0.2) is 12.1 Å². The minimum atomic E-state index is -0.256. The van der Waals surface area contributed by atoms with Crippen LogP contribution < -0.4 is 15.5 Å². The molecule has 0 bridgehead atoms. The zero-order valence-corrected chi connectivity index (χ0v) is 12.4. The van der Waals surface area contributed by atoms with Crippen LogP contribution in [0.2, 0.25) is 0 Å². The topological polar surface area (TPSA) is 70.2 Å². The fourth-order valence-electron chi connectivity index (χ4n) is 2.21. The minimum absolute atomic E-state index is 0.0950. The zero-order chi connectivity index (χ0) is 14.5. The standard InChI is InChI=1S/C14H23N5O/c1-10(2)15-14(20)16-12-4-5-13(18-17-12)19-8-6-11(3)7-9-19/h4-5,10-11H,6-9H2,1-3H3,(H2,15,16,17,20). The van der Waals surface area contributed by atoms with E-state index in [0.29, 0.717) is 5.82 Å². The normalized spacial score (nSPS) is 16.3. The van der Waals surface area contributed by atoms with Crippen molar-refractivity contribution in [3.8, 4) is 0 Å². The molecular formula is C14H23N5O. The Balaban J connectivity index is 1.91. The first kappa shape index (κ1) is 14.6. The number of hydrogen-bond acceptors (Lipinski definition) is 4. The molecule has 1 saturated heterocycles. The van der Waals surface area contributed by atoms with Gasteiger partial charge in [0, 0.05) is 19.1 Å². The molecule has 110 valence electrons. The van der Waals surface area contributed by atoms with Crippen LogP contribution in [0.5, 0.6) is 0 Å². The molecule has 0 spiro atoms. The zero-order valence-electron chi connectivity index (χ0n) is 12.4.